The normalized spacial score (nSPS) is 11.1. The Labute approximate surface area is 197 Å². The first-order valence-electron chi connectivity index (χ1n) is 10.2. The van der Waals surface area contributed by atoms with Crippen LogP contribution in [-0.4, -0.2) is 33.9 Å². The van der Waals surface area contributed by atoms with Crippen LogP contribution in [0, 0.1) is 17.5 Å². The van der Waals surface area contributed by atoms with Gasteiger partial charge in [0.05, 0.1) is 29.3 Å². The standard InChI is InChI=1S/C23H20F3N5O2S/c1-11(2)30-23-18-13(9-27-22(18)28-10-29-23)21(32)19-14(24)5-6-16(20(19)26)31-34-12-4-7-17(33-3)15(25)8-12/h4-11,31H,1-3H3,(H2,27,28,29,30). The molecule has 7 nitrogen and oxygen atoms in total. The highest BCUT2D eigenvalue weighted by Crippen LogP contribution is 2.32. The number of ether oxygens (including phenoxy) is 1. The van der Waals surface area contributed by atoms with E-state index in [2.05, 4.69) is 25.0 Å². The van der Waals surface area contributed by atoms with Gasteiger partial charge in [-0.1, -0.05) is 0 Å². The van der Waals surface area contributed by atoms with E-state index in [1.807, 2.05) is 13.8 Å². The van der Waals surface area contributed by atoms with E-state index in [0.717, 1.165) is 18.0 Å². The number of aromatic nitrogens is 3. The molecule has 0 saturated heterocycles. The lowest BCUT2D eigenvalue weighted by Crippen LogP contribution is -2.13. The smallest absolute Gasteiger partial charge is 0.201 e. The Hall–Kier alpha value is -3.73. The molecule has 4 aromatic rings. The van der Waals surface area contributed by atoms with Crippen molar-refractivity contribution in [1.82, 2.24) is 15.0 Å². The highest BCUT2D eigenvalue weighted by Gasteiger charge is 2.26. The number of rotatable bonds is 8. The van der Waals surface area contributed by atoms with Crippen LogP contribution in [0.1, 0.15) is 29.8 Å². The lowest BCUT2D eigenvalue weighted by molar-refractivity contribution is 0.103. The van der Waals surface area contributed by atoms with Gasteiger partial charge in [0.1, 0.15) is 23.6 Å². The minimum Gasteiger partial charge on any atom is -0.494 e. The average molecular weight is 488 g/mol. The maximum Gasteiger partial charge on any atom is 0.201 e. The second kappa shape index (κ2) is 9.64. The molecule has 0 aliphatic rings. The van der Waals surface area contributed by atoms with Crippen LogP contribution < -0.4 is 14.8 Å². The number of fused-ring (bicyclic) bond motifs is 1. The van der Waals surface area contributed by atoms with Gasteiger partial charge in [0, 0.05) is 17.1 Å². The zero-order valence-corrected chi connectivity index (χ0v) is 19.2. The molecule has 2 heterocycles. The van der Waals surface area contributed by atoms with Crippen LogP contribution in [0.15, 0.2) is 47.8 Å². The van der Waals surface area contributed by atoms with Crippen molar-refractivity contribution >= 4 is 40.3 Å². The molecule has 176 valence electrons. The highest BCUT2D eigenvalue weighted by molar-refractivity contribution is 8.00. The number of carbonyl (C=O) groups excluding carboxylic acids is 1. The van der Waals surface area contributed by atoms with E-state index in [4.69, 9.17) is 4.74 Å². The fraction of sp³-hybridized carbons (Fsp3) is 0.174. The third-order valence-electron chi connectivity index (χ3n) is 4.86. The lowest BCUT2D eigenvalue weighted by atomic mass is 10.0. The SMILES string of the molecule is COc1ccc(SNc2ccc(F)c(C(=O)c3c[nH]c4ncnc(NC(C)C)c34)c2F)cc1F. The predicted octanol–water partition coefficient (Wildman–Crippen LogP) is 5.55. The van der Waals surface area contributed by atoms with Gasteiger partial charge in [-0.3, -0.25) is 4.79 Å². The first-order valence-corrected chi connectivity index (χ1v) is 11.0. The molecule has 0 aliphatic heterocycles. The van der Waals surface area contributed by atoms with E-state index in [0.29, 0.717) is 21.7 Å². The summed E-state index contributed by atoms with van der Waals surface area (Å²) in [5, 5.41) is 3.44. The second-order valence-corrected chi connectivity index (χ2v) is 8.44. The number of methoxy groups -OCH3 is 1. The van der Waals surface area contributed by atoms with Gasteiger partial charge < -0.3 is 19.8 Å². The molecule has 0 aliphatic carbocycles. The molecule has 0 saturated carbocycles. The second-order valence-electron chi connectivity index (χ2n) is 7.56. The quantitative estimate of drug-likeness (QED) is 0.222. The van der Waals surface area contributed by atoms with Crippen molar-refractivity contribution in [2.45, 2.75) is 24.8 Å². The summed E-state index contributed by atoms with van der Waals surface area (Å²) in [6.07, 6.45) is 2.67. The molecular weight excluding hydrogens is 467 g/mol. The number of halogens is 3. The van der Waals surface area contributed by atoms with Crippen LogP contribution in [0.5, 0.6) is 5.75 Å². The molecule has 0 bridgehead atoms. The average Bonchev–Trinajstić information content (AvgIpc) is 3.23. The number of nitrogens with zero attached hydrogens (tertiary/aromatic N) is 2. The van der Waals surface area contributed by atoms with Gasteiger partial charge in [-0.15, -0.1) is 0 Å². The van der Waals surface area contributed by atoms with Crippen molar-refractivity contribution < 1.29 is 22.7 Å². The topological polar surface area (TPSA) is 91.9 Å². The van der Waals surface area contributed by atoms with E-state index in [1.54, 1.807) is 6.07 Å². The molecule has 0 spiro atoms. The van der Waals surface area contributed by atoms with E-state index in [9.17, 15) is 13.6 Å². The van der Waals surface area contributed by atoms with Gasteiger partial charge in [-0.05, 0) is 56.1 Å². The minimum atomic E-state index is -1.07. The van der Waals surface area contributed by atoms with Crippen molar-refractivity contribution in [3.05, 3.63) is 71.4 Å². The Kier molecular flexibility index (Phi) is 6.64. The van der Waals surface area contributed by atoms with Crippen LogP contribution in [0.3, 0.4) is 0 Å². The summed E-state index contributed by atoms with van der Waals surface area (Å²) in [4.78, 5) is 24.8. The van der Waals surface area contributed by atoms with E-state index < -0.39 is 28.8 Å². The molecule has 2 aromatic carbocycles. The van der Waals surface area contributed by atoms with Crippen LogP contribution in [-0.2, 0) is 0 Å². The van der Waals surface area contributed by atoms with E-state index in [1.165, 1.54) is 37.8 Å². The molecule has 0 atom stereocenters. The summed E-state index contributed by atoms with van der Waals surface area (Å²) in [5.74, 6) is -3.10. The molecule has 2 aromatic heterocycles. The van der Waals surface area contributed by atoms with Gasteiger partial charge in [-0.25, -0.2) is 23.1 Å². The molecule has 3 N–H and O–H groups in total. The number of anilines is 2. The van der Waals surface area contributed by atoms with Crippen molar-refractivity contribution in [3.63, 3.8) is 0 Å². The monoisotopic (exact) mass is 487 g/mol. The molecule has 0 amide bonds. The van der Waals surface area contributed by atoms with Gasteiger partial charge in [0.25, 0.3) is 0 Å². The van der Waals surface area contributed by atoms with Gasteiger partial charge in [0.2, 0.25) is 5.78 Å². The van der Waals surface area contributed by atoms with Gasteiger partial charge in [0.15, 0.2) is 17.4 Å². The summed E-state index contributed by atoms with van der Waals surface area (Å²) in [6, 6.07) is 6.36. The Balaban J connectivity index is 1.67. The summed E-state index contributed by atoms with van der Waals surface area (Å²) >= 11 is 0.901. The van der Waals surface area contributed by atoms with Crippen molar-refractivity contribution in [2.24, 2.45) is 0 Å². The van der Waals surface area contributed by atoms with Crippen LogP contribution in [0.2, 0.25) is 0 Å². The molecule has 0 fully saturated rings. The van der Waals surface area contributed by atoms with Crippen molar-refractivity contribution in [2.75, 3.05) is 17.1 Å². The number of H-pyrrole nitrogens is 1. The molecular formula is C23H20F3N5O2S. The molecule has 34 heavy (non-hydrogen) atoms. The minimum absolute atomic E-state index is 0.00299. The van der Waals surface area contributed by atoms with Crippen molar-refractivity contribution in [3.8, 4) is 5.75 Å². The van der Waals surface area contributed by atoms with Gasteiger partial charge in [-0.2, -0.15) is 0 Å². The van der Waals surface area contributed by atoms with Crippen LogP contribution >= 0.6 is 11.9 Å². The lowest BCUT2D eigenvalue weighted by Gasteiger charge is -2.12. The predicted molar refractivity (Wildman–Crippen MR) is 125 cm³/mol. The fourth-order valence-corrected chi connectivity index (χ4v) is 4.01. The zero-order valence-electron chi connectivity index (χ0n) is 18.4. The van der Waals surface area contributed by atoms with Crippen molar-refractivity contribution in [1.29, 1.82) is 0 Å². The summed E-state index contributed by atoms with van der Waals surface area (Å²) < 4.78 is 51.5. The number of nitrogens with one attached hydrogen (secondary N) is 3. The number of benzene rings is 2. The highest BCUT2D eigenvalue weighted by atomic mass is 32.2. The number of aromatic amines is 1. The zero-order chi connectivity index (χ0) is 24.4. The molecule has 11 heteroatoms. The Morgan fingerprint density at radius 1 is 1.12 bits per heavy atom. The number of ketones is 1. The molecule has 0 radical (unpaired) electrons. The summed E-state index contributed by atoms with van der Waals surface area (Å²) in [7, 11) is 1.34. The first-order chi connectivity index (χ1) is 16.3. The fourth-order valence-electron chi connectivity index (χ4n) is 3.32. The summed E-state index contributed by atoms with van der Waals surface area (Å²) in [5.41, 5.74) is -0.485. The van der Waals surface area contributed by atoms with E-state index in [-0.39, 0.29) is 23.0 Å². The number of carbonyl (C=O) groups is 1. The molecule has 0 unspecified atom stereocenters. The molecule has 4 rings (SSSR count). The number of hydrogen-bond donors (Lipinski definition) is 3. The van der Waals surface area contributed by atoms with Gasteiger partial charge >= 0.3 is 0 Å². The summed E-state index contributed by atoms with van der Waals surface area (Å²) in [6.45, 7) is 3.78. The van der Waals surface area contributed by atoms with E-state index >= 15 is 4.39 Å². The third-order valence-corrected chi connectivity index (χ3v) is 5.67. The maximum absolute atomic E-state index is 15.3. The maximum atomic E-state index is 15.3. The first kappa shape index (κ1) is 23.4. The Morgan fingerprint density at radius 3 is 2.62 bits per heavy atom. The Morgan fingerprint density at radius 2 is 1.91 bits per heavy atom. The third kappa shape index (κ3) is 4.51. The largest absolute Gasteiger partial charge is 0.494 e. The van der Waals surface area contributed by atoms with Crippen LogP contribution in [0.25, 0.3) is 11.0 Å². The van der Waals surface area contributed by atoms with Crippen LogP contribution in [0.4, 0.5) is 24.7 Å². The number of hydrogen-bond acceptors (Lipinski definition) is 7. The Bertz CT molecular complexity index is 1380.